The minimum absolute atomic E-state index is 0.228. The average Bonchev–Trinajstić information content (AvgIpc) is 2.75. The molecule has 0 aromatic heterocycles. The van der Waals surface area contributed by atoms with Gasteiger partial charge in [-0.3, -0.25) is 9.69 Å². The molecule has 0 atom stereocenters. The fourth-order valence-corrected chi connectivity index (χ4v) is 3.80. The van der Waals surface area contributed by atoms with Crippen molar-refractivity contribution in [1.29, 1.82) is 0 Å². The SMILES string of the molecule is Cc1ccc(Cl)c(OC(=O)CN2C(=O)N(C)C3(CCCCC3)C2=O)c1. The minimum atomic E-state index is -0.795. The van der Waals surface area contributed by atoms with Crippen LogP contribution in [0.25, 0.3) is 0 Å². The standard InChI is InChI=1S/C18H21ClN2O4/c1-12-6-7-13(19)14(10-12)25-15(22)11-21-16(23)18(20(2)17(21)24)8-4-3-5-9-18/h6-7,10H,3-5,8-9,11H2,1-2H3. The molecule has 6 nitrogen and oxygen atoms in total. The van der Waals surface area contributed by atoms with Crippen molar-refractivity contribution in [3.63, 3.8) is 0 Å². The Hall–Kier alpha value is -2.08. The molecule has 1 aromatic carbocycles. The van der Waals surface area contributed by atoms with Crippen molar-refractivity contribution < 1.29 is 19.1 Å². The Labute approximate surface area is 151 Å². The Morgan fingerprint density at radius 2 is 1.92 bits per heavy atom. The zero-order valence-electron chi connectivity index (χ0n) is 14.4. The monoisotopic (exact) mass is 364 g/mol. The van der Waals surface area contributed by atoms with Crippen LogP contribution in [0, 0.1) is 6.92 Å². The van der Waals surface area contributed by atoms with E-state index in [1.807, 2.05) is 6.92 Å². The van der Waals surface area contributed by atoms with Gasteiger partial charge in [0.25, 0.3) is 5.91 Å². The normalized spacial score (nSPS) is 19.6. The molecule has 25 heavy (non-hydrogen) atoms. The van der Waals surface area contributed by atoms with Crippen LogP contribution in [0.1, 0.15) is 37.7 Å². The maximum Gasteiger partial charge on any atom is 0.331 e. The molecule has 1 aromatic rings. The van der Waals surface area contributed by atoms with E-state index in [2.05, 4.69) is 0 Å². The number of rotatable bonds is 3. The van der Waals surface area contributed by atoms with Gasteiger partial charge in [-0.25, -0.2) is 9.59 Å². The number of benzene rings is 1. The van der Waals surface area contributed by atoms with Crippen LogP contribution in [0.2, 0.25) is 5.02 Å². The number of amides is 3. The summed E-state index contributed by atoms with van der Waals surface area (Å²) < 4.78 is 5.26. The number of imide groups is 1. The lowest BCUT2D eigenvalue weighted by molar-refractivity contribution is -0.142. The molecule has 2 aliphatic rings. The van der Waals surface area contributed by atoms with E-state index in [1.54, 1.807) is 25.2 Å². The molecule has 0 N–H and O–H groups in total. The molecule has 0 bridgehead atoms. The van der Waals surface area contributed by atoms with E-state index in [0.717, 1.165) is 29.7 Å². The number of esters is 1. The summed E-state index contributed by atoms with van der Waals surface area (Å²) in [7, 11) is 1.63. The molecule has 0 unspecified atom stereocenters. The van der Waals surface area contributed by atoms with Gasteiger partial charge in [-0.2, -0.15) is 0 Å². The summed E-state index contributed by atoms with van der Waals surface area (Å²) in [5.41, 5.74) is 0.0952. The number of likely N-dealkylation sites (N-methyl/N-ethyl adjacent to an activating group) is 1. The number of ether oxygens (including phenoxy) is 1. The van der Waals surface area contributed by atoms with Gasteiger partial charge in [0.2, 0.25) is 0 Å². The zero-order valence-corrected chi connectivity index (χ0v) is 15.1. The molecule has 3 rings (SSSR count). The molecular weight excluding hydrogens is 344 g/mol. The van der Waals surface area contributed by atoms with Crippen molar-refractivity contribution in [1.82, 2.24) is 9.80 Å². The van der Waals surface area contributed by atoms with Gasteiger partial charge in [-0.15, -0.1) is 0 Å². The van der Waals surface area contributed by atoms with Gasteiger partial charge in [0.05, 0.1) is 5.02 Å². The van der Waals surface area contributed by atoms with Gasteiger partial charge < -0.3 is 9.64 Å². The maximum atomic E-state index is 12.8. The van der Waals surface area contributed by atoms with Gasteiger partial charge in [-0.05, 0) is 37.5 Å². The smallest absolute Gasteiger partial charge is 0.331 e. The Morgan fingerprint density at radius 1 is 1.24 bits per heavy atom. The molecule has 2 fully saturated rings. The Balaban J connectivity index is 1.74. The van der Waals surface area contributed by atoms with E-state index >= 15 is 0 Å². The first-order valence-corrected chi connectivity index (χ1v) is 8.79. The molecule has 1 heterocycles. The summed E-state index contributed by atoms with van der Waals surface area (Å²) in [4.78, 5) is 40.1. The molecule has 3 amide bonds. The van der Waals surface area contributed by atoms with E-state index in [0.29, 0.717) is 17.9 Å². The van der Waals surface area contributed by atoms with Crippen LogP contribution >= 0.6 is 11.6 Å². The average molecular weight is 365 g/mol. The molecule has 7 heteroatoms. The largest absolute Gasteiger partial charge is 0.424 e. The highest BCUT2D eigenvalue weighted by atomic mass is 35.5. The zero-order chi connectivity index (χ0) is 18.2. The topological polar surface area (TPSA) is 66.9 Å². The number of hydrogen-bond acceptors (Lipinski definition) is 4. The lowest BCUT2D eigenvalue weighted by Crippen LogP contribution is -2.49. The highest BCUT2D eigenvalue weighted by Gasteiger charge is 2.55. The first kappa shape index (κ1) is 17.7. The number of urea groups is 1. The van der Waals surface area contributed by atoms with E-state index in [9.17, 15) is 14.4 Å². The second kappa shape index (κ2) is 6.67. The number of carbonyl (C=O) groups excluding carboxylic acids is 3. The maximum absolute atomic E-state index is 12.8. The third-order valence-corrected chi connectivity index (χ3v) is 5.39. The number of carbonyl (C=O) groups is 3. The second-order valence-corrected chi connectivity index (χ2v) is 7.14. The minimum Gasteiger partial charge on any atom is -0.424 e. The summed E-state index contributed by atoms with van der Waals surface area (Å²) in [6, 6.07) is 4.63. The van der Waals surface area contributed by atoms with E-state index in [-0.39, 0.29) is 11.7 Å². The molecule has 1 saturated carbocycles. The first-order chi connectivity index (χ1) is 11.8. The third-order valence-electron chi connectivity index (χ3n) is 5.08. The van der Waals surface area contributed by atoms with Crippen LogP contribution in [0.4, 0.5) is 4.79 Å². The van der Waals surface area contributed by atoms with Gasteiger partial charge in [-0.1, -0.05) is 36.9 Å². The number of halogens is 1. The molecule has 134 valence electrons. The molecule has 1 spiro atoms. The summed E-state index contributed by atoms with van der Waals surface area (Å²) >= 11 is 6.02. The van der Waals surface area contributed by atoms with Crippen LogP contribution in [0.15, 0.2) is 18.2 Å². The van der Waals surface area contributed by atoms with Gasteiger partial charge in [0.1, 0.15) is 17.8 Å². The summed E-state index contributed by atoms with van der Waals surface area (Å²) in [5.74, 6) is -0.756. The Bertz CT molecular complexity index is 728. The summed E-state index contributed by atoms with van der Waals surface area (Å²) in [6.07, 6.45) is 4.15. The predicted molar refractivity (Wildman–Crippen MR) is 92.5 cm³/mol. The Kier molecular flexibility index (Phi) is 4.73. The summed E-state index contributed by atoms with van der Waals surface area (Å²) in [5, 5.41) is 0.305. The van der Waals surface area contributed by atoms with Crippen molar-refractivity contribution in [2.45, 2.75) is 44.6 Å². The Morgan fingerprint density at radius 3 is 2.60 bits per heavy atom. The molecule has 0 radical (unpaired) electrons. The number of nitrogens with zero attached hydrogens (tertiary/aromatic N) is 2. The van der Waals surface area contributed by atoms with Crippen LogP contribution in [0.3, 0.4) is 0 Å². The highest BCUT2D eigenvalue weighted by molar-refractivity contribution is 6.32. The quantitative estimate of drug-likeness (QED) is 0.469. The lowest BCUT2D eigenvalue weighted by atomic mass is 9.81. The molecule has 1 aliphatic heterocycles. The van der Waals surface area contributed by atoms with E-state index < -0.39 is 24.1 Å². The third kappa shape index (κ3) is 3.11. The van der Waals surface area contributed by atoms with Crippen molar-refractivity contribution in [2.24, 2.45) is 0 Å². The molecular formula is C18H21ClN2O4. The van der Waals surface area contributed by atoms with E-state index in [4.69, 9.17) is 16.3 Å². The highest BCUT2D eigenvalue weighted by Crippen LogP contribution is 2.39. The number of hydrogen-bond donors (Lipinski definition) is 0. The fraction of sp³-hybridized carbons (Fsp3) is 0.500. The molecule has 1 aliphatic carbocycles. The van der Waals surface area contributed by atoms with Crippen LogP contribution < -0.4 is 4.74 Å². The van der Waals surface area contributed by atoms with Crippen LogP contribution in [-0.4, -0.2) is 46.8 Å². The van der Waals surface area contributed by atoms with Crippen molar-refractivity contribution in [2.75, 3.05) is 13.6 Å². The predicted octanol–water partition coefficient (Wildman–Crippen LogP) is 3.15. The number of aryl methyl sites for hydroxylation is 1. The summed E-state index contributed by atoms with van der Waals surface area (Å²) in [6.45, 7) is 1.44. The van der Waals surface area contributed by atoms with Crippen molar-refractivity contribution >= 4 is 29.5 Å². The van der Waals surface area contributed by atoms with Crippen molar-refractivity contribution in [3.8, 4) is 5.75 Å². The molecule has 1 saturated heterocycles. The van der Waals surface area contributed by atoms with Crippen LogP contribution in [-0.2, 0) is 9.59 Å². The van der Waals surface area contributed by atoms with Gasteiger partial charge in [0, 0.05) is 7.05 Å². The fourth-order valence-electron chi connectivity index (χ4n) is 3.64. The lowest BCUT2D eigenvalue weighted by Gasteiger charge is -2.35. The van der Waals surface area contributed by atoms with Crippen molar-refractivity contribution in [3.05, 3.63) is 28.8 Å². The van der Waals surface area contributed by atoms with Gasteiger partial charge >= 0.3 is 12.0 Å². The van der Waals surface area contributed by atoms with Crippen LogP contribution in [0.5, 0.6) is 5.75 Å². The van der Waals surface area contributed by atoms with Gasteiger partial charge in [0.15, 0.2) is 0 Å². The second-order valence-electron chi connectivity index (χ2n) is 6.73. The van der Waals surface area contributed by atoms with E-state index in [1.165, 1.54) is 4.90 Å². The first-order valence-electron chi connectivity index (χ1n) is 8.42.